The molecule has 0 spiro atoms. The summed E-state index contributed by atoms with van der Waals surface area (Å²) in [4.78, 5) is 28.5. The maximum Gasteiger partial charge on any atom is 0.337 e. The number of piperazine rings is 1. The molecule has 2 aromatic carbocycles. The lowest BCUT2D eigenvalue weighted by atomic mass is 10.1. The van der Waals surface area contributed by atoms with E-state index in [4.69, 9.17) is 5.26 Å². The second-order valence-electron chi connectivity index (χ2n) is 6.73. The number of rotatable bonds is 6. The number of nitrogens with one attached hydrogen (secondary N) is 1. The largest absolute Gasteiger partial charge is 0.478 e. The van der Waals surface area contributed by atoms with Gasteiger partial charge in [0.1, 0.15) is 0 Å². The number of anilines is 2. The van der Waals surface area contributed by atoms with Crippen LogP contribution in [0.4, 0.5) is 11.4 Å². The average molecular weight is 457 g/mol. The van der Waals surface area contributed by atoms with Crippen LogP contribution in [0.3, 0.4) is 0 Å². The lowest BCUT2D eigenvalue weighted by Gasteiger charge is -2.36. The summed E-state index contributed by atoms with van der Waals surface area (Å²) in [5, 5.41) is 21.2. The molecule has 150 valence electrons. The molecule has 3 rings (SSSR count). The number of carboxylic acids is 1. The Morgan fingerprint density at radius 1 is 1.10 bits per heavy atom. The van der Waals surface area contributed by atoms with E-state index in [1.54, 1.807) is 36.4 Å². The van der Waals surface area contributed by atoms with Gasteiger partial charge in [-0.1, -0.05) is 15.9 Å². The molecule has 29 heavy (non-hydrogen) atoms. The zero-order valence-electron chi connectivity index (χ0n) is 15.8. The van der Waals surface area contributed by atoms with Crippen LogP contribution >= 0.6 is 15.9 Å². The van der Waals surface area contributed by atoms with E-state index in [1.165, 1.54) is 6.07 Å². The number of hydrogen-bond donors (Lipinski definition) is 2. The summed E-state index contributed by atoms with van der Waals surface area (Å²) in [5.41, 5.74) is 1.72. The maximum absolute atomic E-state index is 12.4. The first-order chi connectivity index (χ1) is 14.0. The van der Waals surface area contributed by atoms with Crippen LogP contribution in [0.2, 0.25) is 0 Å². The monoisotopic (exact) mass is 456 g/mol. The Kier molecular flexibility index (Phi) is 6.86. The second-order valence-corrected chi connectivity index (χ2v) is 7.65. The van der Waals surface area contributed by atoms with Crippen molar-refractivity contribution in [2.24, 2.45) is 0 Å². The first kappa shape index (κ1) is 20.8. The second kappa shape index (κ2) is 9.54. The highest BCUT2D eigenvalue weighted by molar-refractivity contribution is 9.10. The highest BCUT2D eigenvalue weighted by Gasteiger charge is 2.22. The van der Waals surface area contributed by atoms with Crippen LogP contribution in [0.15, 0.2) is 46.9 Å². The van der Waals surface area contributed by atoms with Gasteiger partial charge in [-0.3, -0.25) is 9.69 Å². The van der Waals surface area contributed by atoms with Crippen molar-refractivity contribution in [2.75, 3.05) is 42.9 Å². The standard InChI is InChI=1S/C21H21BrN4O3/c22-16-4-2-15(3-5-16)20(27)24-17-6-7-19(18(14-17)21(28)29)26-12-10-25(11-13-26)9-1-8-23/h2-7,14H,1,9-13H2,(H,24,27)(H,28,29). The van der Waals surface area contributed by atoms with Crippen LogP contribution in [0, 0.1) is 11.3 Å². The van der Waals surface area contributed by atoms with E-state index in [2.05, 4.69) is 32.2 Å². The normalized spacial score (nSPS) is 14.3. The number of carbonyl (C=O) groups is 2. The van der Waals surface area contributed by atoms with Gasteiger partial charge in [-0.2, -0.15) is 5.26 Å². The van der Waals surface area contributed by atoms with Crippen molar-refractivity contribution in [2.45, 2.75) is 6.42 Å². The van der Waals surface area contributed by atoms with Crippen LogP contribution in [-0.2, 0) is 0 Å². The number of hydrogen-bond acceptors (Lipinski definition) is 5. The van der Waals surface area contributed by atoms with E-state index in [0.717, 1.165) is 24.1 Å². The fourth-order valence-electron chi connectivity index (χ4n) is 3.29. The van der Waals surface area contributed by atoms with E-state index in [9.17, 15) is 14.7 Å². The van der Waals surface area contributed by atoms with Gasteiger partial charge in [-0.05, 0) is 42.5 Å². The summed E-state index contributed by atoms with van der Waals surface area (Å²) in [7, 11) is 0. The van der Waals surface area contributed by atoms with Crippen LogP contribution < -0.4 is 10.2 Å². The molecule has 0 atom stereocenters. The van der Waals surface area contributed by atoms with E-state index < -0.39 is 5.97 Å². The predicted octanol–water partition coefficient (Wildman–Crippen LogP) is 3.44. The molecule has 0 bridgehead atoms. The van der Waals surface area contributed by atoms with Gasteiger partial charge in [0.2, 0.25) is 0 Å². The number of halogens is 1. The number of nitrogens with zero attached hydrogens (tertiary/aromatic N) is 3. The molecule has 2 aromatic rings. The average Bonchev–Trinajstić information content (AvgIpc) is 2.73. The number of carboxylic acid groups (broad SMARTS) is 1. The molecule has 0 unspecified atom stereocenters. The van der Waals surface area contributed by atoms with Gasteiger partial charge < -0.3 is 15.3 Å². The predicted molar refractivity (Wildman–Crippen MR) is 114 cm³/mol. The van der Waals surface area contributed by atoms with Gasteiger partial charge in [0.05, 0.1) is 17.3 Å². The van der Waals surface area contributed by atoms with Crippen molar-refractivity contribution >= 4 is 39.2 Å². The smallest absolute Gasteiger partial charge is 0.337 e. The van der Waals surface area contributed by atoms with Gasteiger partial charge in [0.15, 0.2) is 0 Å². The molecule has 0 aliphatic carbocycles. The zero-order chi connectivity index (χ0) is 20.8. The summed E-state index contributed by atoms with van der Waals surface area (Å²) < 4.78 is 0.874. The molecule has 0 aromatic heterocycles. The van der Waals surface area contributed by atoms with Crippen molar-refractivity contribution in [1.82, 2.24) is 4.90 Å². The fourth-order valence-corrected chi connectivity index (χ4v) is 3.55. The van der Waals surface area contributed by atoms with Crippen LogP contribution in [-0.4, -0.2) is 54.6 Å². The molecule has 0 radical (unpaired) electrons. The molecule has 1 aliphatic heterocycles. The molecule has 1 saturated heterocycles. The van der Waals surface area contributed by atoms with Gasteiger partial charge >= 0.3 is 5.97 Å². The summed E-state index contributed by atoms with van der Waals surface area (Å²) in [6.07, 6.45) is 0.493. The quantitative estimate of drug-likeness (QED) is 0.690. The minimum Gasteiger partial charge on any atom is -0.478 e. The number of nitriles is 1. The minimum atomic E-state index is -1.04. The molecular formula is C21H21BrN4O3. The van der Waals surface area contributed by atoms with E-state index >= 15 is 0 Å². The van der Waals surface area contributed by atoms with Crippen LogP contribution in [0.25, 0.3) is 0 Å². The lowest BCUT2D eigenvalue weighted by molar-refractivity contribution is 0.0697. The molecule has 1 aliphatic rings. The van der Waals surface area contributed by atoms with Crippen molar-refractivity contribution in [1.29, 1.82) is 5.26 Å². The Balaban J connectivity index is 1.72. The third-order valence-electron chi connectivity index (χ3n) is 4.84. The molecule has 7 nitrogen and oxygen atoms in total. The third-order valence-corrected chi connectivity index (χ3v) is 5.37. The Morgan fingerprint density at radius 2 is 1.79 bits per heavy atom. The Labute approximate surface area is 177 Å². The topological polar surface area (TPSA) is 96.7 Å². The molecular weight excluding hydrogens is 436 g/mol. The highest BCUT2D eigenvalue weighted by Crippen LogP contribution is 2.26. The number of benzene rings is 2. The SMILES string of the molecule is N#CCCN1CCN(c2ccc(NC(=O)c3ccc(Br)cc3)cc2C(=O)O)CC1. The highest BCUT2D eigenvalue weighted by atomic mass is 79.9. The van der Waals surface area contributed by atoms with E-state index in [1.807, 2.05) is 4.90 Å². The number of amides is 1. The van der Waals surface area contributed by atoms with Crippen molar-refractivity contribution in [3.63, 3.8) is 0 Å². The Bertz CT molecular complexity index is 932. The lowest BCUT2D eigenvalue weighted by Crippen LogP contribution is -2.47. The molecule has 2 N–H and O–H groups in total. The fraction of sp³-hybridized carbons (Fsp3) is 0.286. The Hall–Kier alpha value is -2.89. The molecule has 1 fully saturated rings. The summed E-state index contributed by atoms with van der Waals surface area (Å²) in [5.74, 6) is -1.33. The minimum absolute atomic E-state index is 0.157. The zero-order valence-corrected chi connectivity index (χ0v) is 17.4. The van der Waals surface area contributed by atoms with Crippen molar-refractivity contribution in [3.05, 3.63) is 58.1 Å². The van der Waals surface area contributed by atoms with E-state index in [0.29, 0.717) is 36.4 Å². The van der Waals surface area contributed by atoms with Crippen molar-refractivity contribution < 1.29 is 14.7 Å². The van der Waals surface area contributed by atoms with Crippen LogP contribution in [0.1, 0.15) is 27.1 Å². The number of carbonyl (C=O) groups excluding carboxylic acids is 1. The summed E-state index contributed by atoms with van der Waals surface area (Å²) in [6.45, 7) is 3.68. The van der Waals surface area contributed by atoms with E-state index in [-0.39, 0.29) is 11.5 Å². The Morgan fingerprint density at radius 3 is 2.41 bits per heavy atom. The summed E-state index contributed by atoms with van der Waals surface area (Å²) >= 11 is 3.33. The van der Waals surface area contributed by atoms with Gasteiger partial charge in [-0.25, -0.2) is 4.79 Å². The van der Waals surface area contributed by atoms with Gasteiger partial charge in [-0.15, -0.1) is 0 Å². The van der Waals surface area contributed by atoms with Gasteiger partial charge in [0, 0.05) is 54.9 Å². The third kappa shape index (κ3) is 5.34. The molecule has 1 amide bonds. The number of aromatic carboxylic acids is 1. The van der Waals surface area contributed by atoms with Crippen LogP contribution in [0.5, 0.6) is 0 Å². The van der Waals surface area contributed by atoms with Gasteiger partial charge in [0.25, 0.3) is 5.91 Å². The first-order valence-corrected chi connectivity index (χ1v) is 10.1. The molecule has 8 heteroatoms. The molecule has 1 heterocycles. The molecule has 0 saturated carbocycles. The maximum atomic E-state index is 12.4. The summed E-state index contributed by atoms with van der Waals surface area (Å²) in [6, 6.07) is 14.0. The van der Waals surface area contributed by atoms with Crippen molar-refractivity contribution in [3.8, 4) is 6.07 Å². The first-order valence-electron chi connectivity index (χ1n) is 9.26.